The number of amides is 1. The Bertz CT molecular complexity index is 818. The Morgan fingerprint density at radius 1 is 1.19 bits per heavy atom. The minimum Gasteiger partial charge on any atom is -0.492 e. The Hall–Kier alpha value is -3.26. The van der Waals surface area contributed by atoms with Crippen LogP contribution in [0.1, 0.15) is 32.3 Å². The van der Waals surface area contributed by atoms with Gasteiger partial charge in [0.1, 0.15) is 17.4 Å². The number of nitrogens with zero attached hydrogens (tertiary/aromatic N) is 1. The van der Waals surface area contributed by atoms with E-state index in [2.05, 4.69) is 24.5 Å². The molecular weight excluding hydrogens is 326 g/mol. The molecule has 0 aliphatic heterocycles. The van der Waals surface area contributed by atoms with E-state index in [0.717, 1.165) is 0 Å². The summed E-state index contributed by atoms with van der Waals surface area (Å²) in [5.74, 6) is 0.614. The van der Waals surface area contributed by atoms with Crippen molar-refractivity contribution in [2.24, 2.45) is 0 Å². The number of hydrogen-bond acceptors (Lipinski definition) is 4. The highest BCUT2D eigenvalue weighted by atomic mass is 16.5. The molecule has 0 fully saturated rings. The maximum absolute atomic E-state index is 12.3. The van der Waals surface area contributed by atoms with Gasteiger partial charge < -0.3 is 15.4 Å². The van der Waals surface area contributed by atoms with Gasteiger partial charge in [-0.25, -0.2) is 0 Å². The molecule has 0 bridgehead atoms. The van der Waals surface area contributed by atoms with E-state index in [1.807, 2.05) is 61.5 Å². The predicted octanol–water partition coefficient (Wildman–Crippen LogP) is 4.67. The van der Waals surface area contributed by atoms with Crippen LogP contribution < -0.4 is 15.4 Å². The summed E-state index contributed by atoms with van der Waals surface area (Å²) in [7, 11) is 0. The molecule has 26 heavy (non-hydrogen) atoms. The highest BCUT2D eigenvalue weighted by molar-refractivity contribution is 6.06. The second kappa shape index (κ2) is 9.28. The number of anilines is 2. The molecule has 0 aliphatic carbocycles. The molecule has 0 atom stereocenters. The van der Waals surface area contributed by atoms with E-state index in [1.165, 1.54) is 11.8 Å². The van der Waals surface area contributed by atoms with Crippen molar-refractivity contribution in [1.29, 1.82) is 5.26 Å². The van der Waals surface area contributed by atoms with Crippen LogP contribution in [0.2, 0.25) is 0 Å². The monoisotopic (exact) mass is 349 g/mol. The van der Waals surface area contributed by atoms with Crippen LogP contribution in [-0.2, 0) is 4.79 Å². The lowest BCUT2D eigenvalue weighted by molar-refractivity contribution is -0.112. The topological polar surface area (TPSA) is 74.1 Å². The highest BCUT2D eigenvalue weighted by Crippen LogP contribution is 2.24. The van der Waals surface area contributed by atoms with Crippen LogP contribution >= 0.6 is 0 Å². The van der Waals surface area contributed by atoms with Gasteiger partial charge in [0.05, 0.1) is 12.3 Å². The summed E-state index contributed by atoms with van der Waals surface area (Å²) in [5.41, 5.74) is 2.50. The van der Waals surface area contributed by atoms with Gasteiger partial charge in [-0.2, -0.15) is 5.26 Å². The van der Waals surface area contributed by atoms with Crippen molar-refractivity contribution >= 4 is 17.3 Å². The summed E-state index contributed by atoms with van der Waals surface area (Å²) >= 11 is 0. The van der Waals surface area contributed by atoms with Gasteiger partial charge in [-0.1, -0.05) is 38.1 Å². The molecule has 2 rings (SSSR count). The van der Waals surface area contributed by atoms with Gasteiger partial charge in [0.2, 0.25) is 0 Å². The van der Waals surface area contributed by atoms with Crippen LogP contribution in [-0.4, -0.2) is 12.5 Å². The number of carbonyl (C=O) groups excluding carboxylic acids is 1. The van der Waals surface area contributed by atoms with Gasteiger partial charge in [-0.3, -0.25) is 4.79 Å². The fourth-order valence-corrected chi connectivity index (χ4v) is 2.32. The Labute approximate surface area is 154 Å². The van der Waals surface area contributed by atoms with Crippen LogP contribution in [0.25, 0.3) is 0 Å². The SMILES string of the molecule is CCOc1ccccc1N/C=C(/C#N)C(=O)Nc1ccc(C(C)C)cc1. The lowest BCUT2D eigenvalue weighted by Gasteiger charge is -2.10. The molecule has 0 aliphatic rings. The van der Waals surface area contributed by atoms with Gasteiger partial charge in [0.25, 0.3) is 5.91 Å². The molecule has 5 heteroatoms. The molecule has 0 saturated carbocycles. The molecule has 0 heterocycles. The predicted molar refractivity (Wildman–Crippen MR) is 104 cm³/mol. The molecule has 5 nitrogen and oxygen atoms in total. The summed E-state index contributed by atoms with van der Waals surface area (Å²) in [5, 5.41) is 15.0. The third-order valence-corrected chi connectivity index (χ3v) is 3.76. The maximum atomic E-state index is 12.3. The van der Waals surface area contributed by atoms with E-state index in [4.69, 9.17) is 4.74 Å². The molecule has 2 aromatic rings. The van der Waals surface area contributed by atoms with E-state index in [0.29, 0.717) is 29.6 Å². The largest absolute Gasteiger partial charge is 0.492 e. The zero-order valence-corrected chi connectivity index (χ0v) is 15.2. The quantitative estimate of drug-likeness (QED) is 0.563. The summed E-state index contributed by atoms with van der Waals surface area (Å²) in [6, 6.07) is 16.9. The summed E-state index contributed by atoms with van der Waals surface area (Å²) < 4.78 is 5.51. The molecular formula is C21H23N3O2. The molecule has 1 amide bonds. The number of para-hydroxylation sites is 2. The molecule has 2 N–H and O–H groups in total. The summed E-state index contributed by atoms with van der Waals surface area (Å²) in [4.78, 5) is 12.3. The molecule has 0 radical (unpaired) electrons. The number of carbonyl (C=O) groups is 1. The lowest BCUT2D eigenvalue weighted by atomic mass is 10.0. The number of nitriles is 1. The van der Waals surface area contributed by atoms with Crippen LogP contribution in [0.15, 0.2) is 60.3 Å². The third-order valence-electron chi connectivity index (χ3n) is 3.76. The molecule has 0 saturated heterocycles. The van der Waals surface area contributed by atoms with Gasteiger partial charge in [-0.15, -0.1) is 0 Å². The Morgan fingerprint density at radius 2 is 1.88 bits per heavy atom. The average Bonchev–Trinajstić information content (AvgIpc) is 2.64. The van der Waals surface area contributed by atoms with Crippen molar-refractivity contribution in [1.82, 2.24) is 0 Å². The second-order valence-corrected chi connectivity index (χ2v) is 5.97. The van der Waals surface area contributed by atoms with E-state index in [9.17, 15) is 10.1 Å². The lowest BCUT2D eigenvalue weighted by Crippen LogP contribution is -2.14. The third kappa shape index (κ3) is 5.12. The normalized spacial score (nSPS) is 11.0. The van der Waals surface area contributed by atoms with E-state index in [-0.39, 0.29) is 5.57 Å². The molecule has 0 spiro atoms. The zero-order chi connectivity index (χ0) is 18.9. The van der Waals surface area contributed by atoms with E-state index >= 15 is 0 Å². The average molecular weight is 349 g/mol. The molecule has 0 aromatic heterocycles. The standard InChI is InChI=1S/C21H23N3O2/c1-4-26-20-8-6-5-7-19(20)23-14-17(13-22)21(25)24-18-11-9-16(10-12-18)15(2)3/h5-12,14-15,23H,4H2,1-3H3,(H,24,25)/b17-14-. The number of rotatable bonds is 7. The number of benzene rings is 2. The van der Waals surface area contributed by atoms with Gasteiger partial charge in [0, 0.05) is 11.9 Å². The summed E-state index contributed by atoms with van der Waals surface area (Å²) in [6.07, 6.45) is 1.38. The first-order chi connectivity index (χ1) is 12.5. The van der Waals surface area contributed by atoms with E-state index in [1.54, 1.807) is 0 Å². The van der Waals surface area contributed by atoms with Crippen LogP contribution in [0.4, 0.5) is 11.4 Å². The molecule has 134 valence electrons. The van der Waals surface area contributed by atoms with Gasteiger partial charge >= 0.3 is 0 Å². The van der Waals surface area contributed by atoms with Crippen LogP contribution in [0.5, 0.6) is 5.75 Å². The number of ether oxygens (including phenoxy) is 1. The van der Waals surface area contributed by atoms with Crippen molar-refractivity contribution < 1.29 is 9.53 Å². The fourth-order valence-electron chi connectivity index (χ4n) is 2.32. The molecule has 0 unspecified atom stereocenters. The van der Waals surface area contributed by atoms with Crippen LogP contribution in [0.3, 0.4) is 0 Å². The fraction of sp³-hybridized carbons (Fsp3) is 0.238. The van der Waals surface area contributed by atoms with Crippen molar-refractivity contribution in [3.63, 3.8) is 0 Å². The summed E-state index contributed by atoms with van der Waals surface area (Å²) in [6.45, 7) is 6.64. The number of hydrogen-bond donors (Lipinski definition) is 2. The van der Waals surface area contributed by atoms with E-state index < -0.39 is 5.91 Å². The highest BCUT2D eigenvalue weighted by Gasteiger charge is 2.10. The molecule has 2 aromatic carbocycles. The second-order valence-electron chi connectivity index (χ2n) is 5.97. The maximum Gasteiger partial charge on any atom is 0.267 e. The Morgan fingerprint density at radius 3 is 2.50 bits per heavy atom. The minimum atomic E-state index is -0.466. The van der Waals surface area contributed by atoms with Crippen molar-refractivity contribution in [2.75, 3.05) is 17.2 Å². The zero-order valence-electron chi connectivity index (χ0n) is 15.2. The van der Waals surface area contributed by atoms with Crippen molar-refractivity contribution in [3.05, 3.63) is 65.9 Å². The Balaban J connectivity index is 2.09. The van der Waals surface area contributed by atoms with Gasteiger partial charge in [-0.05, 0) is 42.7 Å². The van der Waals surface area contributed by atoms with Crippen molar-refractivity contribution in [2.45, 2.75) is 26.7 Å². The van der Waals surface area contributed by atoms with Crippen LogP contribution in [0, 0.1) is 11.3 Å². The smallest absolute Gasteiger partial charge is 0.267 e. The first-order valence-electron chi connectivity index (χ1n) is 8.55. The minimum absolute atomic E-state index is 0.0239. The first kappa shape index (κ1) is 19.1. The number of nitrogens with one attached hydrogen (secondary N) is 2. The van der Waals surface area contributed by atoms with Crippen molar-refractivity contribution in [3.8, 4) is 11.8 Å². The van der Waals surface area contributed by atoms with Gasteiger partial charge in [0.15, 0.2) is 0 Å². The first-order valence-corrected chi connectivity index (χ1v) is 8.55. The Kier molecular flexibility index (Phi) is 6.81.